The highest BCUT2D eigenvalue weighted by Crippen LogP contribution is 2.38. The number of hydrogen-bond donors (Lipinski definition) is 2. The summed E-state index contributed by atoms with van der Waals surface area (Å²) >= 11 is 0. The van der Waals surface area contributed by atoms with Gasteiger partial charge in [-0.25, -0.2) is 0 Å². The fourth-order valence-corrected chi connectivity index (χ4v) is 2.70. The number of nitrogens with one attached hydrogen (secondary N) is 1. The van der Waals surface area contributed by atoms with Crippen LogP contribution in [0.15, 0.2) is 24.5 Å². The van der Waals surface area contributed by atoms with Gasteiger partial charge in [-0.1, -0.05) is 6.07 Å². The summed E-state index contributed by atoms with van der Waals surface area (Å²) in [6.07, 6.45) is 8.13. The minimum absolute atomic E-state index is 0.217. The quantitative estimate of drug-likeness (QED) is 0.810. The second-order valence-electron chi connectivity index (χ2n) is 5.03. The van der Waals surface area contributed by atoms with Gasteiger partial charge in [0.25, 0.3) is 0 Å². The van der Waals surface area contributed by atoms with Crippen molar-refractivity contribution >= 4 is 0 Å². The van der Waals surface area contributed by atoms with E-state index in [1.54, 1.807) is 12.4 Å². The molecule has 86 valence electrons. The molecule has 1 saturated heterocycles. The summed E-state index contributed by atoms with van der Waals surface area (Å²) in [5.41, 5.74) is 0.927. The average molecular weight is 218 g/mol. The zero-order chi connectivity index (χ0) is 11.0. The summed E-state index contributed by atoms with van der Waals surface area (Å²) in [4.78, 5) is 4.06. The molecule has 0 aromatic carbocycles. The number of aromatic nitrogens is 1. The molecule has 2 N–H and O–H groups in total. The predicted molar refractivity (Wildman–Crippen MR) is 61.9 cm³/mol. The molecule has 0 spiro atoms. The maximum atomic E-state index is 10.2. The zero-order valence-electron chi connectivity index (χ0n) is 9.34. The molecule has 3 nitrogen and oxygen atoms in total. The van der Waals surface area contributed by atoms with E-state index in [9.17, 15) is 5.11 Å². The van der Waals surface area contributed by atoms with E-state index in [-0.39, 0.29) is 6.04 Å². The van der Waals surface area contributed by atoms with Crippen molar-refractivity contribution < 1.29 is 5.11 Å². The zero-order valence-corrected chi connectivity index (χ0v) is 9.34. The number of aliphatic hydroxyl groups is 1. The molecule has 2 heterocycles. The first-order valence-corrected chi connectivity index (χ1v) is 6.18. The third-order valence-corrected chi connectivity index (χ3v) is 3.81. The standard InChI is InChI=1S/C13H18N2O/c16-13(10-2-1-7-14-8-10)12-6-5-11(15-12)9-3-4-9/h1-2,7-9,11-13,15-16H,3-6H2. The Balaban J connectivity index is 1.65. The van der Waals surface area contributed by atoms with Crippen LogP contribution in [0.2, 0.25) is 0 Å². The first-order valence-electron chi connectivity index (χ1n) is 6.18. The van der Waals surface area contributed by atoms with E-state index in [4.69, 9.17) is 0 Å². The van der Waals surface area contributed by atoms with Crippen LogP contribution in [0.1, 0.15) is 37.4 Å². The number of aliphatic hydroxyl groups excluding tert-OH is 1. The van der Waals surface area contributed by atoms with Gasteiger partial charge < -0.3 is 10.4 Å². The van der Waals surface area contributed by atoms with Crippen LogP contribution in [0.3, 0.4) is 0 Å². The Labute approximate surface area is 95.9 Å². The van der Waals surface area contributed by atoms with E-state index >= 15 is 0 Å². The van der Waals surface area contributed by atoms with Gasteiger partial charge in [0.2, 0.25) is 0 Å². The topological polar surface area (TPSA) is 45.2 Å². The van der Waals surface area contributed by atoms with E-state index in [2.05, 4.69) is 10.3 Å². The largest absolute Gasteiger partial charge is 0.387 e. The van der Waals surface area contributed by atoms with Crippen molar-refractivity contribution in [3.63, 3.8) is 0 Å². The van der Waals surface area contributed by atoms with E-state index in [0.717, 1.165) is 17.9 Å². The third-order valence-electron chi connectivity index (χ3n) is 3.81. The van der Waals surface area contributed by atoms with E-state index in [0.29, 0.717) is 6.04 Å². The maximum absolute atomic E-state index is 10.2. The summed E-state index contributed by atoms with van der Waals surface area (Å²) in [7, 11) is 0. The molecule has 2 aliphatic rings. The van der Waals surface area contributed by atoms with E-state index in [1.165, 1.54) is 19.3 Å². The van der Waals surface area contributed by atoms with Crippen molar-refractivity contribution in [3.05, 3.63) is 30.1 Å². The van der Waals surface area contributed by atoms with Crippen LogP contribution in [0, 0.1) is 5.92 Å². The average Bonchev–Trinajstić information content (AvgIpc) is 3.08. The number of pyridine rings is 1. The van der Waals surface area contributed by atoms with Gasteiger partial charge >= 0.3 is 0 Å². The molecule has 1 saturated carbocycles. The minimum atomic E-state index is -0.405. The molecule has 16 heavy (non-hydrogen) atoms. The number of rotatable bonds is 3. The van der Waals surface area contributed by atoms with Crippen molar-refractivity contribution in [1.29, 1.82) is 0 Å². The maximum Gasteiger partial charge on any atom is 0.0957 e. The summed E-state index contributed by atoms with van der Waals surface area (Å²) in [5, 5.41) is 13.8. The summed E-state index contributed by atoms with van der Waals surface area (Å²) in [5.74, 6) is 0.881. The Morgan fingerprint density at radius 1 is 1.31 bits per heavy atom. The van der Waals surface area contributed by atoms with Crippen LogP contribution < -0.4 is 5.32 Å². The van der Waals surface area contributed by atoms with Gasteiger partial charge in [0.1, 0.15) is 0 Å². The Bertz CT molecular complexity index is 350. The van der Waals surface area contributed by atoms with Gasteiger partial charge in [-0.15, -0.1) is 0 Å². The van der Waals surface area contributed by atoms with Crippen molar-refractivity contribution in [1.82, 2.24) is 10.3 Å². The van der Waals surface area contributed by atoms with Crippen LogP contribution in [0.5, 0.6) is 0 Å². The van der Waals surface area contributed by atoms with Gasteiger partial charge in [0.15, 0.2) is 0 Å². The van der Waals surface area contributed by atoms with Crippen LogP contribution in [0.25, 0.3) is 0 Å². The Kier molecular flexibility index (Phi) is 2.65. The molecule has 3 heteroatoms. The van der Waals surface area contributed by atoms with Gasteiger partial charge in [0, 0.05) is 30.0 Å². The first kappa shape index (κ1) is 10.2. The van der Waals surface area contributed by atoms with Crippen LogP contribution in [-0.4, -0.2) is 22.2 Å². The highest BCUT2D eigenvalue weighted by atomic mass is 16.3. The van der Waals surface area contributed by atoms with Crippen molar-refractivity contribution in [3.8, 4) is 0 Å². The molecule has 3 rings (SSSR count). The molecular weight excluding hydrogens is 200 g/mol. The Hall–Kier alpha value is -0.930. The van der Waals surface area contributed by atoms with Gasteiger partial charge in [-0.05, 0) is 37.7 Å². The van der Waals surface area contributed by atoms with E-state index < -0.39 is 6.10 Å². The number of hydrogen-bond acceptors (Lipinski definition) is 3. The fourth-order valence-electron chi connectivity index (χ4n) is 2.70. The highest BCUT2D eigenvalue weighted by Gasteiger charge is 2.38. The molecule has 3 unspecified atom stereocenters. The van der Waals surface area contributed by atoms with Crippen LogP contribution in [-0.2, 0) is 0 Å². The molecule has 0 radical (unpaired) electrons. The van der Waals surface area contributed by atoms with Crippen molar-refractivity contribution in [2.24, 2.45) is 5.92 Å². The monoisotopic (exact) mass is 218 g/mol. The lowest BCUT2D eigenvalue weighted by Crippen LogP contribution is -2.35. The highest BCUT2D eigenvalue weighted by molar-refractivity contribution is 5.15. The number of nitrogens with zero attached hydrogens (tertiary/aromatic N) is 1. The lowest BCUT2D eigenvalue weighted by atomic mass is 10.0. The second-order valence-corrected chi connectivity index (χ2v) is 5.03. The molecule has 0 amide bonds. The SMILES string of the molecule is OC(c1cccnc1)C1CCC(C2CC2)N1. The van der Waals surface area contributed by atoms with Crippen molar-refractivity contribution in [2.75, 3.05) is 0 Å². The van der Waals surface area contributed by atoms with Crippen LogP contribution in [0.4, 0.5) is 0 Å². The molecule has 2 fully saturated rings. The first-order chi connectivity index (χ1) is 7.84. The third kappa shape index (κ3) is 1.97. The van der Waals surface area contributed by atoms with Gasteiger partial charge in [0.05, 0.1) is 6.10 Å². The Morgan fingerprint density at radius 3 is 2.88 bits per heavy atom. The summed E-state index contributed by atoms with van der Waals surface area (Å²) < 4.78 is 0. The molecule has 3 atom stereocenters. The minimum Gasteiger partial charge on any atom is -0.387 e. The lowest BCUT2D eigenvalue weighted by molar-refractivity contribution is 0.134. The predicted octanol–water partition coefficient (Wildman–Crippen LogP) is 1.65. The van der Waals surface area contributed by atoms with Gasteiger partial charge in [-0.3, -0.25) is 4.98 Å². The molecule has 1 aliphatic carbocycles. The molecule has 0 bridgehead atoms. The summed E-state index contributed by atoms with van der Waals surface area (Å²) in [6, 6.07) is 4.70. The van der Waals surface area contributed by atoms with Crippen molar-refractivity contribution in [2.45, 2.75) is 43.9 Å². The van der Waals surface area contributed by atoms with E-state index in [1.807, 2.05) is 12.1 Å². The smallest absolute Gasteiger partial charge is 0.0957 e. The Morgan fingerprint density at radius 2 is 2.19 bits per heavy atom. The molecule has 1 aliphatic heterocycles. The summed E-state index contributed by atoms with van der Waals surface area (Å²) in [6.45, 7) is 0. The van der Waals surface area contributed by atoms with Crippen LogP contribution >= 0.6 is 0 Å². The molecule has 1 aromatic rings. The lowest BCUT2D eigenvalue weighted by Gasteiger charge is -2.20. The van der Waals surface area contributed by atoms with Gasteiger partial charge in [-0.2, -0.15) is 0 Å². The molecule has 1 aromatic heterocycles. The fraction of sp³-hybridized carbons (Fsp3) is 0.615. The normalized spacial score (nSPS) is 31.6. The molecular formula is C13H18N2O. The second kappa shape index (κ2) is 4.15.